The minimum absolute atomic E-state index is 0.404. The minimum atomic E-state index is 0.404. The second kappa shape index (κ2) is 5.74. The molecule has 1 aromatic heterocycles. The summed E-state index contributed by atoms with van der Waals surface area (Å²) in [6.45, 7) is 5.41. The third kappa shape index (κ3) is 2.25. The maximum Gasteiger partial charge on any atom is 0.0701 e. The predicted octanol–water partition coefficient (Wildman–Crippen LogP) is 3.90. The SMILES string of the molecule is CCn1ncc(Br)c1C(NC)C1(CC)CCCC1. The van der Waals surface area contributed by atoms with Gasteiger partial charge >= 0.3 is 0 Å². The first-order valence-corrected chi connectivity index (χ1v) is 7.86. The first-order chi connectivity index (χ1) is 8.68. The van der Waals surface area contributed by atoms with Crippen LogP contribution in [0.3, 0.4) is 0 Å². The van der Waals surface area contributed by atoms with Crippen LogP contribution in [-0.2, 0) is 6.54 Å². The largest absolute Gasteiger partial charge is 0.311 e. The van der Waals surface area contributed by atoms with Crippen LogP contribution < -0.4 is 5.32 Å². The Kier molecular flexibility index (Phi) is 4.49. The molecule has 102 valence electrons. The van der Waals surface area contributed by atoms with Gasteiger partial charge in [-0.05, 0) is 54.6 Å². The molecule has 1 N–H and O–H groups in total. The summed E-state index contributed by atoms with van der Waals surface area (Å²) in [6, 6.07) is 0.404. The molecule has 1 heterocycles. The van der Waals surface area contributed by atoms with Gasteiger partial charge in [0.2, 0.25) is 0 Å². The number of nitrogens with one attached hydrogen (secondary N) is 1. The van der Waals surface area contributed by atoms with E-state index in [9.17, 15) is 0 Å². The molecule has 1 saturated carbocycles. The third-order valence-corrected chi connectivity index (χ3v) is 5.22. The lowest BCUT2D eigenvalue weighted by Gasteiger charge is -2.37. The van der Waals surface area contributed by atoms with E-state index in [0.29, 0.717) is 11.5 Å². The normalized spacial score (nSPS) is 20.2. The maximum atomic E-state index is 4.47. The molecule has 2 rings (SSSR count). The van der Waals surface area contributed by atoms with E-state index < -0.39 is 0 Å². The summed E-state index contributed by atoms with van der Waals surface area (Å²) in [7, 11) is 2.08. The number of nitrogens with zero attached hydrogens (tertiary/aromatic N) is 2. The van der Waals surface area contributed by atoms with Crippen molar-refractivity contribution < 1.29 is 0 Å². The number of hydrogen-bond acceptors (Lipinski definition) is 2. The Bertz CT molecular complexity index is 394. The fourth-order valence-electron chi connectivity index (χ4n) is 3.57. The molecule has 0 saturated heterocycles. The quantitative estimate of drug-likeness (QED) is 0.893. The van der Waals surface area contributed by atoms with Gasteiger partial charge in [0, 0.05) is 6.54 Å². The summed E-state index contributed by atoms with van der Waals surface area (Å²) in [5.41, 5.74) is 1.73. The van der Waals surface area contributed by atoms with Crippen molar-refractivity contribution in [1.82, 2.24) is 15.1 Å². The Morgan fingerprint density at radius 1 is 1.44 bits per heavy atom. The lowest BCUT2D eigenvalue weighted by atomic mass is 9.75. The molecule has 1 aromatic rings. The van der Waals surface area contributed by atoms with E-state index in [0.717, 1.165) is 11.0 Å². The van der Waals surface area contributed by atoms with Crippen molar-refractivity contribution in [2.75, 3.05) is 7.05 Å². The molecular formula is C14H24BrN3. The molecule has 1 unspecified atom stereocenters. The fourth-order valence-corrected chi connectivity index (χ4v) is 4.09. The number of halogens is 1. The smallest absolute Gasteiger partial charge is 0.0701 e. The summed E-state index contributed by atoms with van der Waals surface area (Å²) in [5.74, 6) is 0. The van der Waals surface area contributed by atoms with Crippen molar-refractivity contribution in [1.29, 1.82) is 0 Å². The molecule has 3 nitrogen and oxygen atoms in total. The highest BCUT2D eigenvalue weighted by atomic mass is 79.9. The molecule has 0 aliphatic heterocycles. The van der Waals surface area contributed by atoms with Gasteiger partial charge in [0.25, 0.3) is 0 Å². The van der Waals surface area contributed by atoms with Crippen molar-refractivity contribution in [3.05, 3.63) is 16.4 Å². The van der Waals surface area contributed by atoms with Crippen LogP contribution in [0.2, 0.25) is 0 Å². The molecule has 0 amide bonds. The molecule has 0 spiro atoms. The number of rotatable bonds is 5. The van der Waals surface area contributed by atoms with Gasteiger partial charge in [0.05, 0.1) is 22.4 Å². The van der Waals surface area contributed by atoms with Gasteiger partial charge in [-0.3, -0.25) is 4.68 Å². The lowest BCUT2D eigenvalue weighted by molar-refractivity contribution is 0.186. The van der Waals surface area contributed by atoms with E-state index >= 15 is 0 Å². The van der Waals surface area contributed by atoms with Crippen LogP contribution in [0, 0.1) is 5.41 Å². The predicted molar refractivity (Wildman–Crippen MR) is 78.6 cm³/mol. The average molecular weight is 314 g/mol. The zero-order valence-corrected chi connectivity index (χ0v) is 13.3. The Morgan fingerprint density at radius 3 is 2.61 bits per heavy atom. The van der Waals surface area contributed by atoms with E-state index in [1.165, 1.54) is 37.8 Å². The summed E-state index contributed by atoms with van der Waals surface area (Å²) in [5, 5.41) is 8.03. The van der Waals surface area contributed by atoms with Gasteiger partial charge in [-0.2, -0.15) is 5.10 Å². The highest BCUT2D eigenvalue weighted by Gasteiger charge is 2.41. The first kappa shape index (κ1) is 14.1. The Morgan fingerprint density at radius 2 is 2.11 bits per heavy atom. The van der Waals surface area contributed by atoms with Gasteiger partial charge in [0.15, 0.2) is 0 Å². The van der Waals surface area contributed by atoms with Gasteiger partial charge in [-0.15, -0.1) is 0 Å². The van der Waals surface area contributed by atoms with Crippen molar-refractivity contribution in [2.45, 2.75) is 58.5 Å². The zero-order chi connectivity index (χ0) is 13.2. The third-order valence-electron chi connectivity index (χ3n) is 4.61. The lowest BCUT2D eigenvalue weighted by Crippen LogP contribution is -2.36. The molecular weight excluding hydrogens is 290 g/mol. The molecule has 0 radical (unpaired) electrons. The van der Waals surface area contributed by atoms with Crippen molar-refractivity contribution >= 4 is 15.9 Å². The van der Waals surface area contributed by atoms with Crippen LogP contribution in [0.15, 0.2) is 10.7 Å². The molecule has 4 heteroatoms. The molecule has 1 atom stereocenters. The standard InChI is InChI=1S/C14H24BrN3/c1-4-14(8-6-7-9-14)13(16-3)12-11(15)10-17-18(12)5-2/h10,13,16H,4-9H2,1-3H3. The van der Waals surface area contributed by atoms with Crippen LogP contribution in [0.4, 0.5) is 0 Å². The van der Waals surface area contributed by atoms with Crippen LogP contribution in [0.1, 0.15) is 57.7 Å². The summed E-state index contributed by atoms with van der Waals surface area (Å²) < 4.78 is 3.27. The molecule has 1 aliphatic carbocycles. The Hall–Kier alpha value is -0.350. The van der Waals surface area contributed by atoms with Gasteiger partial charge in [-0.1, -0.05) is 19.8 Å². The monoisotopic (exact) mass is 313 g/mol. The number of hydrogen-bond donors (Lipinski definition) is 1. The molecule has 0 aromatic carbocycles. The van der Waals surface area contributed by atoms with Crippen LogP contribution in [0.5, 0.6) is 0 Å². The van der Waals surface area contributed by atoms with Crippen LogP contribution in [0.25, 0.3) is 0 Å². The maximum absolute atomic E-state index is 4.47. The summed E-state index contributed by atoms with van der Waals surface area (Å²) in [6.07, 6.45) is 8.56. The van der Waals surface area contributed by atoms with Gasteiger partial charge in [0.1, 0.15) is 0 Å². The fraction of sp³-hybridized carbons (Fsp3) is 0.786. The zero-order valence-electron chi connectivity index (χ0n) is 11.7. The van der Waals surface area contributed by atoms with Crippen molar-refractivity contribution in [3.63, 3.8) is 0 Å². The number of aryl methyl sites for hydroxylation is 1. The van der Waals surface area contributed by atoms with Gasteiger partial charge in [-0.25, -0.2) is 0 Å². The highest BCUT2D eigenvalue weighted by molar-refractivity contribution is 9.10. The minimum Gasteiger partial charge on any atom is -0.311 e. The van der Waals surface area contributed by atoms with Crippen LogP contribution >= 0.6 is 15.9 Å². The molecule has 0 bridgehead atoms. The number of aromatic nitrogens is 2. The summed E-state index contributed by atoms with van der Waals surface area (Å²) in [4.78, 5) is 0. The second-order valence-electron chi connectivity index (χ2n) is 5.34. The van der Waals surface area contributed by atoms with E-state index in [4.69, 9.17) is 0 Å². The average Bonchev–Trinajstić information content (AvgIpc) is 3.00. The van der Waals surface area contributed by atoms with E-state index in [1.54, 1.807) is 0 Å². The van der Waals surface area contributed by atoms with E-state index in [-0.39, 0.29) is 0 Å². The molecule has 1 aliphatic rings. The Balaban J connectivity index is 2.40. The molecule has 1 fully saturated rings. The van der Waals surface area contributed by atoms with Crippen molar-refractivity contribution in [2.24, 2.45) is 5.41 Å². The molecule has 18 heavy (non-hydrogen) atoms. The van der Waals surface area contributed by atoms with Gasteiger partial charge < -0.3 is 5.32 Å². The summed E-state index contributed by atoms with van der Waals surface area (Å²) >= 11 is 3.68. The van der Waals surface area contributed by atoms with Crippen LogP contribution in [-0.4, -0.2) is 16.8 Å². The second-order valence-corrected chi connectivity index (χ2v) is 6.19. The Labute approximate surface area is 118 Å². The van der Waals surface area contributed by atoms with E-state index in [1.807, 2.05) is 6.20 Å². The topological polar surface area (TPSA) is 29.9 Å². The first-order valence-electron chi connectivity index (χ1n) is 7.07. The highest BCUT2D eigenvalue weighted by Crippen LogP contribution is 2.50. The van der Waals surface area contributed by atoms with E-state index in [2.05, 4.69) is 51.9 Å². The van der Waals surface area contributed by atoms with Crippen molar-refractivity contribution in [3.8, 4) is 0 Å².